The van der Waals surface area contributed by atoms with Crippen LogP contribution in [-0.4, -0.2) is 40.5 Å². The molecule has 0 aromatic heterocycles. The minimum Gasteiger partial charge on any atom is -0.481 e. The summed E-state index contributed by atoms with van der Waals surface area (Å²) in [6.45, 7) is 2.21. The van der Waals surface area contributed by atoms with Crippen LogP contribution in [0.4, 0.5) is 13.2 Å². The topological polar surface area (TPSA) is 57.6 Å². The number of thioether (sulfide) groups is 1. The van der Waals surface area contributed by atoms with Crippen LogP contribution in [0.25, 0.3) is 0 Å². The van der Waals surface area contributed by atoms with E-state index in [1.165, 1.54) is 29.2 Å². The molecular formula is C14H14F3NO3S. The molecule has 1 aromatic rings. The predicted molar refractivity (Wildman–Crippen MR) is 74.5 cm³/mol. The molecule has 1 saturated heterocycles. The molecule has 2 rings (SSSR count). The van der Waals surface area contributed by atoms with Crippen LogP contribution in [0.5, 0.6) is 0 Å². The number of likely N-dealkylation sites (tertiary alicyclic amines) is 1. The van der Waals surface area contributed by atoms with Crippen molar-refractivity contribution in [1.82, 2.24) is 4.90 Å². The third-order valence-corrected chi connectivity index (χ3v) is 4.29. The van der Waals surface area contributed by atoms with Crippen LogP contribution in [-0.2, 0) is 4.79 Å². The maximum absolute atomic E-state index is 12.3. The fraction of sp³-hybridized carbons (Fsp3) is 0.429. The normalized spacial score (nSPS) is 21.9. The lowest BCUT2D eigenvalue weighted by Crippen LogP contribution is -2.29. The van der Waals surface area contributed by atoms with Gasteiger partial charge in [-0.2, -0.15) is 13.2 Å². The van der Waals surface area contributed by atoms with Crippen LogP contribution >= 0.6 is 11.8 Å². The van der Waals surface area contributed by atoms with E-state index in [2.05, 4.69) is 0 Å². The summed E-state index contributed by atoms with van der Waals surface area (Å²) in [6.07, 6.45) is 0. The smallest absolute Gasteiger partial charge is 0.446 e. The molecule has 0 unspecified atom stereocenters. The predicted octanol–water partition coefficient (Wildman–Crippen LogP) is 3.09. The van der Waals surface area contributed by atoms with Crippen molar-refractivity contribution in [3.05, 3.63) is 29.8 Å². The Kier molecular flexibility index (Phi) is 4.69. The Balaban J connectivity index is 2.06. The number of alkyl halides is 3. The molecule has 2 atom stereocenters. The molecule has 22 heavy (non-hydrogen) atoms. The summed E-state index contributed by atoms with van der Waals surface area (Å²) < 4.78 is 36.7. The van der Waals surface area contributed by atoms with Gasteiger partial charge in [0.15, 0.2) is 0 Å². The highest BCUT2D eigenvalue weighted by Crippen LogP contribution is 2.36. The lowest BCUT2D eigenvalue weighted by molar-refractivity contribution is -0.142. The zero-order chi connectivity index (χ0) is 16.5. The lowest BCUT2D eigenvalue weighted by Gasteiger charge is -2.16. The van der Waals surface area contributed by atoms with E-state index in [1.807, 2.05) is 0 Å². The summed E-state index contributed by atoms with van der Waals surface area (Å²) >= 11 is -0.245. The largest absolute Gasteiger partial charge is 0.481 e. The number of carbonyl (C=O) groups is 2. The quantitative estimate of drug-likeness (QED) is 0.864. The Morgan fingerprint density at radius 1 is 1.23 bits per heavy atom. The number of aliphatic carboxylic acids is 1. The van der Waals surface area contributed by atoms with Crippen molar-refractivity contribution in [3.8, 4) is 0 Å². The molecule has 0 bridgehead atoms. The first-order valence-corrected chi connectivity index (χ1v) is 7.37. The van der Waals surface area contributed by atoms with Crippen molar-refractivity contribution < 1.29 is 27.9 Å². The first kappa shape index (κ1) is 16.7. The van der Waals surface area contributed by atoms with Crippen LogP contribution < -0.4 is 0 Å². The zero-order valence-electron chi connectivity index (χ0n) is 11.6. The molecule has 1 N–H and O–H groups in total. The Labute approximate surface area is 129 Å². The number of carboxylic acids is 1. The van der Waals surface area contributed by atoms with E-state index in [1.54, 1.807) is 6.92 Å². The molecular weight excluding hydrogens is 319 g/mol. The molecule has 1 amide bonds. The monoisotopic (exact) mass is 333 g/mol. The SMILES string of the molecule is C[C@@H]1CN(C(=O)c2ccc(SC(F)(F)F)cc2)C[C@H]1C(=O)O. The summed E-state index contributed by atoms with van der Waals surface area (Å²) in [7, 11) is 0. The molecule has 1 fully saturated rings. The average Bonchev–Trinajstić information content (AvgIpc) is 2.79. The summed E-state index contributed by atoms with van der Waals surface area (Å²) in [4.78, 5) is 24.7. The van der Waals surface area contributed by atoms with E-state index in [9.17, 15) is 22.8 Å². The number of hydrogen-bond acceptors (Lipinski definition) is 3. The minimum atomic E-state index is -4.37. The van der Waals surface area contributed by atoms with E-state index in [4.69, 9.17) is 5.11 Å². The number of halogens is 3. The molecule has 0 aliphatic carbocycles. The van der Waals surface area contributed by atoms with Gasteiger partial charge in [-0.3, -0.25) is 9.59 Å². The minimum absolute atomic E-state index is 0.00209. The second-order valence-corrected chi connectivity index (χ2v) is 6.34. The van der Waals surface area contributed by atoms with E-state index in [0.29, 0.717) is 6.54 Å². The van der Waals surface area contributed by atoms with Gasteiger partial charge in [0, 0.05) is 23.5 Å². The second-order valence-electron chi connectivity index (χ2n) is 5.20. The van der Waals surface area contributed by atoms with Gasteiger partial charge in [0.05, 0.1) is 5.92 Å². The van der Waals surface area contributed by atoms with Crippen molar-refractivity contribution in [2.75, 3.05) is 13.1 Å². The van der Waals surface area contributed by atoms with Gasteiger partial charge in [0.1, 0.15) is 0 Å². The van der Waals surface area contributed by atoms with Gasteiger partial charge in [0.25, 0.3) is 5.91 Å². The van der Waals surface area contributed by atoms with E-state index in [0.717, 1.165) is 0 Å². The molecule has 1 aliphatic rings. The Morgan fingerprint density at radius 3 is 2.27 bits per heavy atom. The average molecular weight is 333 g/mol. The number of carbonyl (C=O) groups excluding carboxylic acids is 1. The number of amides is 1. The molecule has 0 radical (unpaired) electrons. The third kappa shape index (κ3) is 3.94. The Hall–Kier alpha value is -1.70. The highest BCUT2D eigenvalue weighted by molar-refractivity contribution is 8.00. The number of carboxylic acid groups (broad SMARTS) is 1. The first-order chi connectivity index (χ1) is 10.2. The summed E-state index contributed by atoms with van der Waals surface area (Å²) in [6, 6.07) is 5.13. The van der Waals surface area contributed by atoms with Gasteiger partial charge in [-0.1, -0.05) is 6.92 Å². The van der Waals surface area contributed by atoms with Crippen molar-refractivity contribution in [2.24, 2.45) is 11.8 Å². The van der Waals surface area contributed by atoms with E-state index in [-0.39, 0.29) is 40.6 Å². The van der Waals surface area contributed by atoms with Crippen molar-refractivity contribution in [3.63, 3.8) is 0 Å². The molecule has 1 aliphatic heterocycles. The molecule has 0 saturated carbocycles. The Bertz CT molecular complexity index is 574. The second kappa shape index (κ2) is 6.20. The van der Waals surface area contributed by atoms with Gasteiger partial charge >= 0.3 is 11.5 Å². The third-order valence-electron chi connectivity index (χ3n) is 3.55. The van der Waals surface area contributed by atoms with Crippen LogP contribution in [0.15, 0.2) is 29.2 Å². The van der Waals surface area contributed by atoms with E-state index < -0.39 is 17.4 Å². The standard InChI is InChI=1S/C14H14F3NO3S/c1-8-6-18(7-11(8)13(20)21)12(19)9-2-4-10(5-3-9)22-14(15,16)17/h2-5,8,11H,6-7H2,1H3,(H,20,21)/t8-,11-/m1/s1. The van der Waals surface area contributed by atoms with Crippen molar-refractivity contribution >= 4 is 23.6 Å². The fourth-order valence-electron chi connectivity index (χ4n) is 2.44. The maximum Gasteiger partial charge on any atom is 0.446 e. The lowest BCUT2D eigenvalue weighted by atomic mass is 9.99. The molecule has 4 nitrogen and oxygen atoms in total. The number of hydrogen-bond donors (Lipinski definition) is 1. The zero-order valence-corrected chi connectivity index (χ0v) is 12.4. The van der Waals surface area contributed by atoms with Crippen molar-refractivity contribution in [1.29, 1.82) is 0 Å². The molecule has 120 valence electrons. The van der Waals surface area contributed by atoms with Gasteiger partial charge < -0.3 is 10.0 Å². The molecule has 1 aromatic carbocycles. The summed E-state index contributed by atoms with van der Waals surface area (Å²) in [5, 5.41) is 9.05. The maximum atomic E-state index is 12.3. The first-order valence-electron chi connectivity index (χ1n) is 6.55. The van der Waals surface area contributed by atoms with Crippen molar-refractivity contribution in [2.45, 2.75) is 17.3 Å². The van der Waals surface area contributed by atoms with Gasteiger partial charge in [-0.15, -0.1) is 0 Å². The summed E-state index contributed by atoms with van der Waals surface area (Å²) in [5.41, 5.74) is -4.12. The van der Waals surface area contributed by atoms with Crippen LogP contribution in [0.2, 0.25) is 0 Å². The molecule has 1 heterocycles. The molecule has 8 heteroatoms. The van der Waals surface area contributed by atoms with E-state index >= 15 is 0 Å². The highest BCUT2D eigenvalue weighted by atomic mass is 32.2. The molecule has 0 spiro atoms. The number of benzene rings is 1. The van der Waals surface area contributed by atoms with Gasteiger partial charge in [-0.05, 0) is 41.9 Å². The van der Waals surface area contributed by atoms with Gasteiger partial charge in [-0.25, -0.2) is 0 Å². The summed E-state index contributed by atoms with van der Waals surface area (Å²) in [5.74, 6) is -2.07. The van der Waals surface area contributed by atoms with Crippen LogP contribution in [0.1, 0.15) is 17.3 Å². The number of rotatable bonds is 3. The highest BCUT2D eigenvalue weighted by Gasteiger charge is 2.37. The number of nitrogens with zero attached hydrogens (tertiary/aromatic N) is 1. The fourth-order valence-corrected chi connectivity index (χ4v) is 2.98. The van der Waals surface area contributed by atoms with Crippen LogP contribution in [0, 0.1) is 11.8 Å². The van der Waals surface area contributed by atoms with Crippen LogP contribution in [0.3, 0.4) is 0 Å². The van der Waals surface area contributed by atoms with Gasteiger partial charge in [0.2, 0.25) is 0 Å². The Morgan fingerprint density at radius 2 is 1.82 bits per heavy atom.